The second-order valence-electron chi connectivity index (χ2n) is 6.80. The molecule has 0 saturated carbocycles. The molecule has 1 heterocycles. The number of nitro benzene ring substituents is 1. The molecule has 156 valence electrons. The van der Waals surface area contributed by atoms with Crippen molar-refractivity contribution in [1.29, 1.82) is 0 Å². The molecule has 0 spiro atoms. The normalized spacial score (nSPS) is 12.6. The van der Waals surface area contributed by atoms with E-state index < -0.39 is 16.8 Å². The molecule has 0 saturated heterocycles. The highest BCUT2D eigenvalue weighted by molar-refractivity contribution is 5.94. The number of fused-ring (bicyclic) bond motifs is 1. The molecule has 2 aromatic carbocycles. The van der Waals surface area contributed by atoms with Gasteiger partial charge in [0.05, 0.1) is 11.3 Å². The topological polar surface area (TPSA) is 119 Å². The molecule has 1 aliphatic heterocycles. The first kappa shape index (κ1) is 21.0. The zero-order valence-corrected chi connectivity index (χ0v) is 16.2. The first-order chi connectivity index (χ1) is 14.4. The molecule has 0 atom stereocenters. The lowest BCUT2D eigenvalue weighted by molar-refractivity contribution is -0.384. The van der Waals surface area contributed by atoms with E-state index in [2.05, 4.69) is 5.32 Å². The van der Waals surface area contributed by atoms with E-state index in [0.29, 0.717) is 13.1 Å². The van der Waals surface area contributed by atoms with Gasteiger partial charge >= 0.3 is 5.97 Å². The van der Waals surface area contributed by atoms with E-state index in [-0.39, 0.29) is 36.7 Å². The third-order valence-corrected chi connectivity index (χ3v) is 4.79. The molecule has 1 N–H and O–H groups in total. The molecule has 9 heteroatoms. The first-order valence-electron chi connectivity index (χ1n) is 9.47. The van der Waals surface area contributed by atoms with Gasteiger partial charge in [0.1, 0.15) is 0 Å². The van der Waals surface area contributed by atoms with Crippen molar-refractivity contribution in [2.24, 2.45) is 0 Å². The van der Waals surface area contributed by atoms with Gasteiger partial charge in [-0.3, -0.25) is 24.5 Å². The number of esters is 1. The predicted molar refractivity (Wildman–Crippen MR) is 107 cm³/mol. The minimum atomic E-state index is -0.593. The van der Waals surface area contributed by atoms with Gasteiger partial charge in [0.25, 0.3) is 17.5 Å². The van der Waals surface area contributed by atoms with Gasteiger partial charge in [0, 0.05) is 37.3 Å². The minimum Gasteiger partial charge on any atom is -0.456 e. The molecule has 0 fully saturated rings. The van der Waals surface area contributed by atoms with E-state index in [1.54, 1.807) is 4.90 Å². The molecule has 0 aromatic heterocycles. The summed E-state index contributed by atoms with van der Waals surface area (Å²) in [5.41, 5.74) is 2.45. The van der Waals surface area contributed by atoms with Crippen LogP contribution in [0.2, 0.25) is 0 Å². The lowest BCUT2D eigenvalue weighted by atomic mass is 10.00. The lowest BCUT2D eigenvalue weighted by Gasteiger charge is -2.28. The van der Waals surface area contributed by atoms with Gasteiger partial charge in [-0.25, -0.2) is 0 Å². The van der Waals surface area contributed by atoms with Crippen LogP contribution in [0, 0.1) is 10.1 Å². The molecule has 0 radical (unpaired) electrons. The number of rotatable bonds is 7. The van der Waals surface area contributed by atoms with Crippen molar-refractivity contribution < 1.29 is 24.0 Å². The Kier molecular flexibility index (Phi) is 6.74. The van der Waals surface area contributed by atoms with Crippen molar-refractivity contribution >= 4 is 23.5 Å². The van der Waals surface area contributed by atoms with E-state index in [1.807, 2.05) is 24.3 Å². The van der Waals surface area contributed by atoms with Crippen LogP contribution in [-0.2, 0) is 27.3 Å². The van der Waals surface area contributed by atoms with Gasteiger partial charge in [-0.1, -0.05) is 24.3 Å². The van der Waals surface area contributed by atoms with Crippen molar-refractivity contribution in [2.45, 2.75) is 19.4 Å². The van der Waals surface area contributed by atoms with Gasteiger partial charge in [0.15, 0.2) is 6.61 Å². The Hall–Kier alpha value is -3.75. The monoisotopic (exact) mass is 411 g/mol. The first-order valence-corrected chi connectivity index (χ1v) is 9.47. The van der Waals surface area contributed by atoms with Crippen molar-refractivity contribution in [3.8, 4) is 0 Å². The Morgan fingerprint density at radius 3 is 2.47 bits per heavy atom. The fraction of sp³-hybridized carbons (Fsp3) is 0.286. The van der Waals surface area contributed by atoms with Crippen molar-refractivity contribution in [2.75, 3.05) is 19.7 Å². The van der Waals surface area contributed by atoms with Crippen molar-refractivity contribution in [1.82, 2.24) is 10.2 Å². The van der Waals surface area contributed by atoms with Crippen LogP contribution in [0.3, 0.4) is 0 Å². The number of nitro groups is 1. The summed E-state index contributed by atoms with van der Waals surface area (Å²) in [7, 11) is 0. The third kappa shape index (κ3) is 5.40. The van der Waals surface area contributed by atoms with Crippen molar-refractivity contribution in [3.05, 3.63) is 75.3 Å². The number of hydrogen-bond acceptors (Lipinski definition) is 6. The van der Waals surface area contributed by atoms with E-state index in [0.717, 1.165) is 12.0 Å². The smallest absolute Gasteiger partial charge is 0.308 e. The second-order valence-corrected chi connectivity index (χ2v) is 6.80. The van der Waals surface area contributed by atoms with Gasteiger partial charge in [-0.15, -0.1) is 0 Å². The average molecular weight is 411 g/mol. The van der Waals surface area contributed by atoms with E-state index in [9.17, 15) is 24.5 Å². The fourth-order valence-corrected chi connectivity index (χ4v) is 3.13. The Balaban J connectivity index is 1.37. The fourth-order valence-electron chi connectivity index (χ4n) is 3.13. The number of amides is 2. The summed E-state index contributed by atoms with van der Waals surface area (Å²) in [5.74, 6) is -1.31. The molecule has 0 bridgehead atoms. The van der Waals surface area contributed by atoms with Gasteiger partial charge < -0.3 is 15.0 Å². The SMILES string of the molecule is O=C(CCNC(=O)c1ccc([N+](=O)[O-])cc1)OCC(=O)N1CCc2ccccc2C1. The summed E-state index contributed by atoms with van der Waals surface area (Å²) >= 11 is 0. The quantitative estimate of drug-likeness (QED) is 0.422. The highest BCUT2D eigenvalue weighted by atomic mass is 16.6. The summed E-state index contributed by atoms with van der Waals surface area (Å²) in [6.45, 7) is 0.772. The van der Waals surface area contributed by atoms with E-state index in [4.69, 9.17) is 4.74 Å². The van der Waals surface area contributed by atoms with Crippen LogP contribution < -0.4 is 5.32 Å². The third-order valence-electron chi connectivity index (χ3n) is 4.79. The Morgan fingerprint density at radius 1 is 1.07 bits per heavy atom. The molecule has 0 aliphatic carbocycles. The molecule has 30 heavy (non-hydrogen) atoms. The highest BCUT2D eigenvalue weighted by Gasteiger charge is 2.21. The zero-order chi connectivity index (χ0) is 21.5. The zero-order valence-electron chi connectivity index (χ0n) is 16.2. The summed E-state index contributed by atoms with van der Waals surface area (Å²) in [4.78, 5) is 47.8. The molecule has 3 rings (SSSR count). The largest absolute Gasteiger partial charge is 0.456 e. The molecule has 2 amide bonds. The number of ether oxygens (including phenoxy) is 1. The minimum absolute atomic E-state index is 0.0277. The molecule has 9 nitrogen and oxygen atoms in total. The number of benzene rings is 2. The van der Waals surface area contributed by atoms with Crippen LogP contribution in [0.15, 0.2) is 48.5 Å². The van der Waals surface area contributed by atoms with Crippen LogP contribution in [0.25, 0.3) is 0 Å². The van der Waals surface area contributed by atoms with Crippen molar-refractivity contribution in [3.63, 3.8) is 0 Å². The molecule has 2 aromatic rings. The van der Waals surface area contributed by atoms with Crippen LogP contribution in [-0.4, -0.2) is 47.3 Å². The Morgan fingerprint density at radius 2 is 1.77 bits per heavy atom. The van der Waals surface area contributed by atoms with Crippen LogP contribution in [0.5, 0.6) is 0 Å². The number of nitrogens with zero attached hydrogens (tertiary/aromatic N) is 2. The average Bonchev–Trinajstić information content (AvgIpc) is 2.77. The van der Waals surface area contributed by atoms with Gasteiger partial charge in [-0.05, 0) is 29.7 Å². The maximum absolute atomic E-state index is 12.3. The van der Waals surface area contributed by atoms with E-state index >= 15 is 0 Å². The number of non-ortho nitro benzene ring substituents is 1. The summed E-state index contributed by atoms with van der Waals surface area (Å²) < 4.78 is 5.02. The molecular weight excluding hydrogens is 390 g/mol. The second kappa shape index (κ2) is 9.64. The summed E-state index contributed by atoms with van der Waals surface area (Å²) in [6, 6.07) is 13.1. The van der Waals surface area contributed by atoms with Crippen LogP contribution >= 0.6 is 0 Å². The highest BCUT2D eigenvalue weighted by Crippen LogP contribution is 2.18. The standard InChI is InChI=1S/C21H21N3O6/c25-19(23-12-10-15-3-1-2-4-17(15)13-23)14-30-20(26)9-11-22-21(27)16-5-7-18(8-6-16)24(28)29/h1-8H,9-14H2,(H,22,27). The lowest BCUT2D eigenvalue weighted by Crippen LogP contribution is -2.38. The molecule has 0 unspecified atom stereocenters. The van der Waals surface area contributed by atoms with Gasteiger partial charge in [0.2, 0.25) is 0 Å². The van der Waals surface area contributed by atoms with Gasteiger partial charge in [-0.2, -0.15) is 0 Å². The number of hydrogen-bond donors (Lipinski definition) is 1. The Bertz CT molecular complexity index is 957. The Labute approximate surface area is 172 Å². The number of carbonyl (C=O) groups excluding carboxylic acids is 3. The predicted octanol–water partition coefficient (Wildman–Crippen LogP) is 1.84. The van der Waals surface area contributed by atoms with Crippen LogP contribution in [0.4, 0.5) is 5.69 Å². The maximum atomic E-state index is 12.3. The summed E-state index contributed by atoms with van der Waals surface area (Å²) in [5, 5.41) is 13.2. The number of nitrogens with one attached hydrogen (secondary N) is 1. The summed E-state index contributed by atoms with van der Waals surface area (Å²) in [6.07, 6.45) is 0.680. The number of carbonyl (C=O) groups is 3. The van der Waals surface area contributed by atoms with Crippen LogP contribution in [0.1, 0.15) is 27.9 Å². The maximum Gasteiger partial charge on any atom is 0.308 e. The van der Waals surface area contributed by atoms with E-state index in [1.165, 1.54) is 29.8 Å². The molecular formula is C21H21N3O6. The molecule has 1 aliphatic rings.